The Bertz CT molecular complexity index is 1320. The number of aromatic nitrogens is 4. The van der Waals surface area contributed by atoms with Gasteiger partial charge in [0.2, 0.25) is 5.95 Å². The summed E-state index contributed by atoms with van der Waals surface area (Å²) in [7, 11) is -16.7. The van der Waals surface area contributed by atoms with Gasteiger partial charge in [0.05, 0.1) is 6.33 Å². The van der Waals surface area contributed by atoms with Crippen molar-refractivity contribution in [3.05, 3.63) is 16.7 Å². The minimum Gasteiger partial charge on any atom is -0.369 e. The van der Waals surface area contributed by atoms with E-state index in [1.807, 2.05) is 0 Å². The van der Waals surface area contributed by atoms with E-state index in [-0.39, 0.29) is 23.5 Å². The van der Waals surface area contributed by atoms with E-state index in [0.29, 0.717) is 0 Å². The van der Waals surface area contributed by atoms with Gasteiger partial charge in [-0.3, -0.25) is 18.9 Å². The van der Waals surface area contributed by atoms with Gasteiger partial charge in [-0.2, -0.15) is 26.2 Å². The van der Waals surface area contributed by atoms with Crippen LogP contribution in [0.5, 0.6) is 0 Å². The number of nitrogens with two attached hydrogens (primary N) is 1. The van der Waals surface area contributed by atoms with Gasteiger partial charge in [-0.15, -0.1) is 6.42 Å². The van der Waals surface area contributed by atoms with Gasteiger partial charge in [0, 0.05) is 11.7 Å². The molecule has 0 bridgehead atoms. The number of aromatic amines is 1. The molecular formula is C12H16N5O12P3S. The molecule has 3 rings (SSSR count). The Labute approximate surface area is 189 Å². The molecule has 1 aliphatic heterocycles. The van der Waals surface area contributed by atoms with Crippen molar-refractivity contribution in [2.75, 3.05) is 12.3 Å². The fourth-order valence-corrected chi connectivity index (χ4v) is 6.30. The summed E-state index contributed by atoms with van der Waals surface area (Å²) in [6.07, 6.45) is 5.87. The number of imidazole rings is 1. The third-order valence-electron chi connectivity index (χ3n) is 4.17. The number of ether oxygens (including phenoxy) is 1. The third-order valence-corrected chi connectivity index (χ3v) is 8.58. The zero-order chi connectivity index (χ0) is 24.8. The Kier molecular flexibility index (Phi) is 7.02. The topological polar surface area (TPSA) is 259 Å². The first-order chi connectivity index (χ1) is 15.1. The van der Waals surface area contributed by atoms with E-state index < -0.39 is 52.7 Å². The number of nitrogen functional groups attached to an aromatic ring is 1. The van der Waals surface area contributed by atoms with Gasteiger partial charge < -0.3 is 30.0 Å². The van der Waals surface area contributed by atoms with Gasteiger partial charge in [-0.1, -0.05) is 5.92 Å². The van der Waals surface area contributed by atoms with Crippen LogP contribution in [0.4, 0.5) is 5.95 Å². The minimum atomic E-state index is -5.71. The van der Waals surface area contributed by atoms with Crippen LogP contribution in [0.2, 0.25) is 0 Å². The lowest BCUT2D eigenvalue weighted by Crippen LogP contribution is -2.39. The van der Waals surface area contributed by atoms with Crippen molar-refractivity contribution >= 4 is 53.2 Å². The molecule has 0 amide bonds. The largest absolute Gasteiger partial charge is 0.490 e. The molecule has 182 valence electrons. The standard InChI is InChI=1S/C12H16N5O12P3S/c1-2-12(4-26-31(22,23)29-32(24,25)28-30(19,20)21)6(33)3-7(27-12)17-5-14-8-9(17)15-11(13)16-10(8)18/h1,5-7,33H,3-4H2,(H,22,23)(H,24,25)(H2,19,20,21)(H3,13,15,16,18). The van der Waals surface area contributed by atoms with Crippen LogP contribution in [0.25, 0.3) is 11.2 Å². The van der Waals surface area contributed by atoms with E-state index >= 15 is 0 Å². The number of hydrogen-bond acceptors (Lipinski definition) is 12. The lowest BCUT2D eigenvalue weighted by atomic mass is 10.0. The van der Waals surface area contributed by atoms with Crippen LogP contribution >= 0.6 is 36.1 Å². The normalized spacial score (nSPS) is 27.2. The van der Waals surface area contributed by atoms with E-state index in [1.54, 1.807) is 0 Å². The molecule has 2 aromatic rings. The maximum atomic E-state index is 12.0. The fourth-order valence-electron chi connectivity index (χ4n) is 2.86. The molecule has 0 aromatic carbocycles. The number of phosphoric ester groups is 1. The number of terminal acetylenes is 1. The van der Waals surface area contributed by atoms with Gasteiger partial charge in [0.15, 0.2) is 16.8 Å². The summed E-state index contributed by atoms with van der Waals surface area (Å²) in [6, 6.07) is 0. The monoisotopic (exact) mass is 547 g/mol. The zero-order valence-electron chi connectivity index (χ0n) is 16.0. The van der Waals surface area contributed by atoms with Crippen molar-refractivity contribution in [3.8, 4) is 12.3 Å². The number of anilines is 1. The molecular weight excluding hydrogens is 531 g/mol. The summed E-state index contributed by atoms with van der Waals surface area (Å²) in [5.74, 6) is 2.03. The van der Waals surface area contributed by atoms with Crippen molar-refractivity contribution in [2.45, 2.75) is 23.5 Å². The van der Waals surface area contributed by atoms with Gasteiger partial charge in [-0.05, 0) is 0 Å². The van der Waals surface area contributed by atoms with Crippen LogP contribution in [-0.4, -0.2) is 56.6 Å². The maximum absolute atomic E-state index is 12.0. The summed E-state index contributed by atoms with van der Waals surface area (Å²) < 4.78 is 53.2. The second-order valence-corrected chi connectivity index (χ2v) is 11.5. The Morgan fingerprint density at radius 2 is 2.00 bits per heavy atom. The number of rotatable bonds is 8. The summed E-state index contributed by atoms with van der Waals surface area (Å²) >= 11 is 4.31. The molecule has 0 spiro atoms. The lowest BCUT2D eigenvalue weighted by Gasteiger charge is -2.27. The molecule has 1 saturated heterocycles. The Morgan fingerprint density at radius 1 is 1.33 bits per heavy atom. The quantitative estimate of drug-likeness (QED) is 0.126. The molecule has 5 unspecified atom stereocenters. The summed E-state index contributed by atoms with van der Waals surface area (Å²) in [5, 5.41) is -0.850. The second-order valence-electron chi connectivity index (χ2n) is 6.50. The SMILES string of the molecule is C#CC1(COP(=O)(O)OP(=O)(O)OP(=O)(O)O)OC(n2cnc3c(=O)[nH]c(N)nc32)CC1S. The van der Waals surface area contributed by atoms with Crippen molar-refractivity contribution < 1.29 is 51.2 Å². The molecule has 7 N–H and O–H groups in total. The van der Waals surface area contributed by atoms with Crippen LogP contribution in [0, 0.1) is 12.3 Å². The van der Waals surface area contributed by atoms with E-state index in [0.717, 1.165) is 0 Å². The molecule has 5 atom stereocenters. The number of nitrogens with one attached hydrogen (secondary N) is 1. The van der Waals surface area contributed by atoms with Gasteiger partial charge in [0.25, 0.3) is 5.56 Å². The van der Waals surface area contributed by atoms with Crippen molar-refractivity contribution in [2.24, 2.45) is 0 Å². The number of phosphoric acid groups is 3. The van der Waals surface area contributed by atoms with Crippen LogP contribution in [-0.2, 0) is 31.6 Å². The van der Waals surface area contributed by atoms with Crippen LogP contribution in [0.1, 0.15) is 12.6 Å². The fraction of sp³-hybridized carbons (Fsp3) is 0.417. The predicted octanol–water partition coefficient (Wildman–Crippen LogP) is -0.366. The van der Waals surface area contributed by atoms with Crippen LogP contribution < -0.4 is 11.3 Å². The molecule has 0 aliphatic carbocycles. The first kappa shape index (κ1) is 26.0. The number of nitrogens with zero attached hydrogens (tertiary/aromatic N) is 3. The summed E-state index contributed by atoms with van der Waals surface area (Å²) in [5.41, 5.74) is 3.16. The predicted molar refractivity (Wildman–Crippen MR) is 111 cm³/mol. The Balaban J connectivity index is 1.79. The van der Waals surface area contributed by atoms with E-state index in [1.165, 1.54) is 10.9 Å². The third kappa shape index (κ3) is 5.92. The molecule has 0 saturated carbocycles. The number of thiol groups is 1. The molecule has 2 aromatic heterocycles. The highest BCUT2D eigenvalue weighted by atomic mass is 32.1. The molecule has 1 fully saturated rings. The van der Waals surface area contributed by atoms with Crippen molar-refractivity contribution in [1.29, 1.82) is 0 Å². The average Bonchev–Trinajstić information content (AvgIpc) is 3.18. The van der Waals surface area contributed by atoms with Crippen LogP contribution in [0.3, 0.4) is 0 Å². The molecule has 1 aliphatic rings. The van der Waals surface area contributed by atoms with E-state index in [2.05, 4.69) is 46.6 Å². The average molecular weight is 547 g/mol. The van der Waals surface area contributed by atoms with E-state index in [9.17, 15) is 28.3 Å². The van der Waals surface area contributed by atoms with Gasteiger partial charge >= 0.3 is 23.5 Å². The smallest absolute Gasteiger partial charge is 0.369 e. The summed E-state index contributed by atoms with van der Waals surface area (Å²) in [4.78, 5) is 58.2. The minimum absolute atomic E-state index is 0.0463. The highest BCUT2D eigenvalue weighted by Gasteiger charge is 2.50. The van der Waals surface area contributed by atoms with Gasteiger partial charge in [-0.25, -0.2) is 18.7 Å². The second kappa shape index (κ2) is 8.90. The first-order valence-corrected chi connectivity index (χ1v) is 13.4. The maximum Gasteiger partial charge on any atom is 0.490 e. The van der Waals surface area contributed by atoms with Crippen molar-refractivity contribution in [1.82, 2.24) is 19.5 Å². The number of H-pyrrole nitrogens is 1. The Morgan fingerprint density at radius 3 is 2.61 bits per heavy atom. The molecule has 17 nitrogen and oxygen atoms in total. The molecule has 3 heterocycles. The highest BCUT2D eigenvalue weighted by molar-refractivity contribution is 7.81. The molecule has 33 heavy (non-hydrogen) atoms. The summed E-state index contributed by atoms with van der Waals surface area (Å²) in [6.45, 7) is -0.916. The lowest BCUT2D eigenvalue weighted by molar-refractivity contribution is -0.0592. The zero-order valence-corrected chi connectivity index (χ0v) is 19.6. The van der Waals surface area contributed by atoms with Crippen molar-refractivity contribution in [3.63, 3.8) is 0 Å². The van der Waals surface area contributed by atoms with Crippen LogP contribution in [0.15, 0.2) is 11.1 Å². The first-order valence-electron chi connectivity index (χ1n) is 8.41. The number of hydrogen-bond donors (Lipinski definition) is 7. The van der Waals surface area contributed by atoms with E-state index in [4.69, 9.17) is 26.7 Å². The highest BCUT2D eigenvalue weighted by Crippen LogP contribution is 2.66. The molecule has 0 radical (unpaired) electrons. The Hall–Kier alpha value is -1.57. The molecule has 21 heteroatoms. The number of fused-ring (bicyclic) bond motifs is 1. The van der Waals surface area contributed by atoms with Gasteiger partial charge in [0.1, 0.15) is 12.8 Å².